The number of aliphatic hydroxyl groups excluding tert-OH is 1. The van der Waals surface area contributed by atoms with E-state index in [1.807, 2.05) is 42.1 Å². The molecule has 0 aliphatic heterocycles. The van der Waals surface area contributed by atoms with Crippen LogP contribution in [0, 0.1) is 0 Å². The van der Waals surface area contributed by atoms with Gasteiger partial charge in [-0.05, 0) is 5.56 Å². The van der Waals surface area contributed by atoms with Crippen molar-refractivity contribution in [1.29, 1.82) is 0 Å². The largest absolute Gasteiger partial charge is 0.394 e. The van der Waals surface area contributed by atoms with Crippen LogP contribution >= 0.6 is 0 Å². The quantitative estimate of drug-likeness (QED) is 0.808. The fourth-order valence-electron chi connectivity index (χ4n) is 1.63. The number of hydrogen-bond donors (Lipinski definition) is 2. The third kappa shape index (κ3) is 1.98. The number of benzene rings is 1. The van der Waals surface area contributed by atoms with Gasteiger partial charge in [-0.2, -0.15) is 0 Å². The Hall–Kier alpha value is -1.65. The van der Waals surface area contributed by atoms with Gasteiger partial charge in [-0.3, -0.25) is 0 Å². The van der Waals surface area contributed by atoms with E-state index >= 15 is 0 Å². The highest BCUT2D eigenvalue weighted by molar-refractivity contribution is 5.56. The van der Waals surface area contributed by atoms with E-state index in [0.29, 0.717) is 0 Å². The predicted octanol–water partition coefficient (Wildman–Crippen LogP) is 1.08. The molecule has 0 aliphatic rings. The first kappa shape index (κ1) is 10.9. The van der Waals surface area contributed by atoms with Crippen LogP contribution in [-0.4, -0.2) is 21.3 Å². The zero-order valence-corrected chi connectivity index (χ0v) is 9.17. The fraction of sp³-hybridized carbons (Fsp3) is 0.250. The number of aliphatic hydroxyl groups is 1. The Labute approximate surface area is 94.4 Å². The summed E-state index contributed by atoms with van der Waals surface area (Å²) in [6, 6.07) is 7.46. The van der Waals surface area contributed by atoms with Gasteiger partial charge >= 0.3 is 0 Å². The molecule has 1 heterocycles. The molecule has 1 aromatic carbocycles. The number of imidazole rings is 1. The van der Waals surface area contributed by atoms with Crippen molar-refractivity contribution in [3.8, 4) is 11.4 Å². The van der Waals surface area contributed by atoms with Gasteiger partial charge in [0, 0.05) is 25.0 Å². The van der Waals surface area contributed by atoms with E-state index in [9.17, 15) is 0 Å². The molecule has 2 rings (SSSR count). The number of nitrogens with two attached hydrogens (primary N) is 1. The Kier molecular flexibility index (Phi) is 3.03. The highest BCUT2D eigenvalue weighted by Gasteiger charge is 2.06. The summed E-state index contributed by atoms with van der Waals surface area (Å²) in [5, 5.41) is 8.94. The van der Waals surface area contributed by atoms with Crippen molar-refractivity contribution in [1.82, 2.24) is 9.55 Å². The minimum absolute atomic E-state index is 0.0399. The summed E-state index contributed by atoms with van der Waals surface area (Å²) in [6.45, 7) is -0.0399. The van der Waals surface area contributed by atoms with Gasteiger partial charge in [-0.15, -0.1) is 0 Å². The van der Waals surface area contributed by atoms with Crippen molar-refractivity contribution in [3.63, 3.8) is 0 Å². The van der Waals surface area contributed by atoms with E-state index in [4.69, 9.17) is 10.8 Å². The average molecular weight is 217 g/mol. The molecule has 4 nitrogen and oxygen atoms in total. The molecule has 0 fully saturated rings. The minimum atomic E-state index is -0.310. The minimum Gasteiger partial charge on any atom is -0.394 e. The molecule has 84 valence electrons. The molecule has 1 unspecified atom stereocenters. The molecule has 0 spiro atoms. The van der Waals surface area contributed by atoms with Gasteiger partial charge in [0.25, 0.3) is 0 Å². The van der Waals surface area contributed by atoms with Crippen molar-refractivity contribution in [2.24, 2.45) is 12.8 Å². The number of aryl methyl sites for hydroxylation is 1. The molecule has 3 N–H and O–H groups in total. The van der Waals surface area contributed by atoms with Crippen molar-refractivity contribution >= 4 is 0 Å². The standard InChI is InChI=1S/C12H15N3O/c1-15-7-6-14-12(15)10-4-2-9(3-5-10)11(13)8-16/h2-7,11,16H,8,13H2,1H3. The molecule has 0 aliphatic carbocycles. The lowest BCUT2D eigenvalue weighted by Gasteiger charge is -2.09. The summed E-state index contributed by atoms with van der Waals surface area (Å²) in [6.07, 6.45) is 3.67. The van der Waals surface area contributed by atoms with E-state index in [0.717, 1.165) is 17.0 Å². The van der Waals surface area contributed by atoms with Gasteiger partial charge in [-0.1, -0.05) is 24.3 Å². The van der Waals surface area contributed by atoms with Gasteiger partial charge in [-0.25, -0.2) is 4.98 Å². The second kappa shape index (κ2) is 4.47. The summed E-state index contributed by atoms with van der Waals surface area (Å²) < 4.78 is 1.96. The van der Waals surface area contributed by atoms with Crippen LogP contribution in [0.1, 0.15) is 11.6 Å². The molecule has 2 aromatic rings. The first-order valence-electron chi connectivity index (χ1n) is 5.16. The van der Waals surface area contributed by atoms with Crippen molar-refractivity contribution < 1.29 is 5.11 Å². The molecule has 0 bridgehead atoms. The lowest BCUT2D eigenvalue weighted by molar-refractivity contribution is 0.268. The second-order valence-corrected chi connectivity index (χ2v) is 3.77. The molecule has 0 saturated carbocycles. The normalized spacial score (nSPS) is 12.7. The Bertz CT molecular complexity index is 461. The van der Waals surface area contributed by atoms with Crippen LogP contribution in [0.15, 0.2) is 36.7 Å². The first-order chi connectivity index (χ1) is 7.72. The van der Waals surface area contributed by atoms with Crippen LogP contribution in [0.25, 0.3) is 11.4 Å². The first-order valence-corrected chi connectivity index (χ1v) is 5.16. The Morgan fingerprint density at radius 1 is 1.38 bits per heavy atom. The number of hydrogen-bond acceptors (Lipinski definition) is 3. The predicted molar refractivity (Wildman–Crippen MR) is 62.7 cm³/mol. The second-order valence-electron chi connectivity index (χ2n) is 3.77. The van der Waals surface area contributed by atoms with E-state index < -0.39 is 0 Å². The van der Waals surface area contributed by atoms with Crippen LogP contribution in [0.3, 0.4) is 0 Å². The molecule has 4 heteroatoms. The number of rotatable bonds is 3. The summed E-state index contributed by atoms with van der Waals surface area (Å²) in [5.74, 6) is 0.920. The van der Waals surface area contributed by atoms with Crippen molar-refractivity contribution in [3.05, 3.63) is 42.2 Å². The molecule has 0 amide bonds. The van der Waals surface area contributed by atoms with E-state index in [2.05, 4.69) is 4.98 Å². The SMILES string of the molecule is Cn1ccnc1-c1ccc(C(N)CO)cc1. The van der Waals surface area contributed by atoms with Crippen LogP contribution < -0.4 is 5.73 Å². The van der Waals surface area contributed by atoms with Gasteiger partial charge in [0.05, 0.1) is 12.6 Å². The summed E-state index contributed by atoms with van der Waals surface area (Å²) in [4.78, 5) is 4.26. The third-order valence-corrected chi connectivity index (χ3v) is 2.61. The number of aromatic nitrogens is 2. The van der Waals surface area contributed by atoms with Gasteiger partial charge in [0.2, 0.25) is 0 Å². The summed E-state index contributed by atoms with van der Waals surface area (Å²) >= 11 is 0. The van der Waals surface area contributed by atoms with Gasteiger partial charge in [0.1, 0.15) is 5.82 Å². The highest BCUT2D eigenvalue weighted by Crippen LogP contribution is 2.19. The molecule has 1 aromatic heterocycles. The zero-order valence-electron chi connectivity index (χ0n) is 9.17. The van der Waals surface area contributed by atoms with E-state index in [1.165, 1.54) is 0 Å². The lowest BCUT2D eigenvalue weighted by Crippen LogP contribution is -2.14. The van der Waals surface area contributed by atoms with Crippen LogP contribution in [-0.2, 0) is 7.05 Å². The molecular weight excluding hydrogens is 202 g/mol. The van der Waals surface area contributed by atoms with Gasteiger partial charge in [0.15, 0.2) is 0 Å². The summed E-state index contributed by atoms with van der Waals surface area (Å²) in [7, 11) is 1.95. The van der Waals surface area contributed by atoms with Crippen LogP contribution in [0.4, 0.5) is 0 Å². The van der Waals surface area contributed by atoms with Crippen LogP contribution in [0.5, 0.6) is 0 Å². The molecule has 0 saturated heterocycles. The molecule has 0 radical (unpaired) electrons. The Morgan fingerprint density at radius 3 is 2.56 bits per heavy atom. The van der Waals surface area contributed by atoms with Crippen LogP contribution in [0.2, 0.25) is 0 Å². The third-order valence-electron chi connectivity index (χ3n) is 2.61. The van der Waals surface area contributed by atoms with Gasteiger partial charge < -0.3 is 15.4 Å². The van der Waals surface area contributed by atoms with E-state index in [-0.39, 0.29) is 12.6 Å². The smallest absolute Gasteiger partial charge is 0.139 e. The van der Waals surface area contributed by atoms with Crippen molar-refractivity contribution in [2.45, 2.75) is 6.04 Å². The maximum Gasteiger partial charge on any atom is 0.139 e. The molecular formula is C12H15N3O. The fourth-order valence-corrected chi connectivity index (χ4v) is 1.63. The topological polar surface area (TPSA) is 64.1 Å². The maximum atomic E-state index is 8.94. The lowest BCUT2D eigenvalue weighted by atomic mass is 10.1. The molecule has 16 heavy (non-hydrogen) atoms. The van der Waals surface area contributed by atoms with Crippen molar-refractivity contribution in [2.75, 3.05) is 6.61 Å². The monoisotopic (exact) mass is 217 g/mol. The molecule has 1 atom stereocenters. The summed E-state index contributed by atoms with van der Waals surface area (Å²) in [5.41, 5.74) is 7.70. The average Bonchev–Trinajstić information content (AvgIpc) is 2.75. The zero-order chi connectivity index (χ0) is 11.5. The van der Waals surface area contributed by atoms with E-state index in [1.54, 1.807) is 6.20 Å². The highest BCUT2D eigenvalue weighted by atomic mass is 16.3. The number of nitrogens with zero attached hydrogens (tertiary/aromatic N) is 2. The maximum absolute atomic E-state index is 8.94. The Balaban J connectivity index is 2.30. The Morgan fingerprint density at radius 2 is 2.06 bits per heavy atom.